The second-order valence-corrected chi connectivity index (χ2v) is 3.80. The van der Waals surface area contributed by atoms with Crippen molar-refractivity contribution in [3.05, 3.63) is 0 Å². The summed E-state index contributed by atoms with van der Waals surface area (Å²) in [6.07, 6.45) is 3.19. The van der Waals surface area contributed by atoms with Crippen molar-refractivity contribution in [3.63, 3.8) is 0 Å². The summed E-state index contributed by atoms with van der Waals surface area (Å²) in [7, 11) is 0. The molecule has 0 saturated heterocycles. The molecule has 0 rings (SSSR count). The van der Waals surface area contributed by atoms with Crippen molar-refractivity contribution in [2.75, 3.05) is 6.61 Å². The number of aliphatic hydroxyl groups excluding tert-OH is 2. The second-order valence-electron chi connectivity index (χ2n) is 3.80. The number of rotatable bonds is 8. The minimum absolute atomic E-state index is 0.267. The first-order valence-electron chi connectivity index (χ1n) is 5.56. The van der Waals surface area contributed by atoms with Gasteiger partial charge in [0.25, 0.3) is 0 Å². The van der Waals surface area contributed by atoms with Gasteiger partial charge in [0.2, 0.25) is 0 Å². The maximum Gasteiger partial charge on any atom is 0.302 e. The van der Waals surface area contributed by atoms with Crippen molar-refractivity contribution in [2.24, 2.45) is 0 Å². The van der Waals surface area contributed by atoms with Gasteiger partial charge in [-0.3, -0.25) is 4.79 Å². The van der Waals surface area contributed by atoms with Crippen LogP contribution in [0.4, 0.5) is 0 Å². The largest absolute Gasteiger partial charge is 0.462 e. The zero-order valence-corrected chi connectivity index (χ0v) is 9.61. The number of hydrogen-bond acceptors (Lipinski definition) is 4. The van der Waals surface area contributed by atoms with Crippen molar-refractivity contribution >= 4 is 5.97 Å². The van der Waals surface area contributed by atoms with E-state index >= 15 is 0 Å². The van der Waals surface area contributed by atoms with Crippen molar-refractivity contribution < 1.29 is 19.7 Å². The smallest absolute Gasteiger partial charge is 0.302 e. The molecule has 0 bridgehead atoms. The zero-order valence-electron chi connectivity index (χ0n) is 9.61. The van der Waals surface area contributed by atoms with Crippen LogP contribution in [0.1, 0.15) is 46.0 Å². The molecule has 0 radical (unpaired) electrons. The van der Waals surface area contributed by atoms with Crippen molar-refractivity contribution in [2.45, 2.75) is 58.2 Å². The molecule has 0 spiro atoms. The van der Waals surface area contributed by atoms with E-state index in [4.69, 9.17) is 9.84 Å². The Morgan fingerprint density at radius 2 is 2.07 bits per heavy atom. The van der Waals surface area contributed by atoms with Gasteiger partial charge in [-0.15, -0.1) is 0 Å². The van der Waals surface area contributed by atoms with E-state index < -0.39 is 6.10 Å². The van der Waals surface area contributed by atoms with Gasteiger partial charge in [0.05, 0.1) is 12.7 Å². The molecule has 0 aliphatic rings. The number of ether oxygens (including phenoxy) is 1. The van der Waals surface area contributed by atoms with E-state index in [9.17, 15) is 9.90 Å². The summed E-state index contributed by atoms with van der Waals surface area (Å²) < 4.78 is 5.06. The molecule has 0 aliphatic carbocycles. The summed E-state index contributed by atoms with van der Waals surface area (Å²) in [5.74, 6) is -0.332. The summed E-state index contributed by atoms with van der Waals surface area (Å²) in [4.78, 5) is 10.8. The van der Waals surface area contributed by atoms with Crippen LogP contribution >= 0.6 is 0 Å². The molecule has 0 saturated carbocycles. The summed E-state index contributed by atoms with van der Waals surface area (Å²) in [5, 5.41) is 18.0. The molecule has 4 heteroatoms. The first-order valence-corrected chi connectivity index (χ1v) is 5.56. The minimum Gasteiger partial charge on any atom is -0.462 e. The van der Waals surface area contributed by atoms with Crippen LogP contribution in [-0.4, -0.2) is 35.0 Å². The quantitative estimate of drug-likeness (QED) is 0.475. The Morgan fingerprint density at radius 3 is 2.53 bits per heavy atom. The van der Waals surface area contributed by atoms with E-state index in [-0.39, 0.29) is 18.7 Å². The highest BCUT2D eigenvalue weighted by atomic mass is 16.5. The van der Waals surface area contributed by atoms with Gasteiger partial charge in [0.1, 0.15) is 6.10 Å². The SMILES string of the molecule is CCCCC[C@H](C[C@@H](O)CO)OC(C)=O. The van der Waals surface area contributed by atoms with E-state index in [2.05, 4.69) is 6.92 Å². The molecular weight excluding hydrogens is 196 g/mol. The predicted octanol–water partition coefficient (Wildman–Crippen LogP) is 1.24. The fourth-order valence-electron chi connectivity index (χ4n) is 1.46. The fourth-order valence-corrected chi connectivity index (χ4v) is 1.46. The lowest BCUT2D eigenvalue weighted by molar-refractivity contribution is -0.148. The van der Waals surface area contributed by atoms with E-state index in [1.807, 2.05) is 0 Å². The molecule has 0 aromatic heterocycles. The van der Waals surface area contributed by atoms with Crippen LogP contribution in [0.25, 0.3) is 0 Å². The van der Waals surface area contributed by atoms with Gasteiger partial charge in [-0.1, -0.05) is 19.8 Å². The van der Waals surface area contributed by atoms with Crippen LogP contribution in [0.15, 0.2) is 0 Å². The number of aliphatic hydroxyl groups is 2. The van der Waals surface area contributed by atoms with Gasteiger partial charge >= 0.3 is 5.97 Å². The Balaban J connectivity index is 3.88. The lowest BCUT2D eigenvalue weighted by atomic mass is 10.1. The fraction of sp³-hybridized carbons (Fsp3) is 0.909. The van der Waals surface area contributed by atoms with Gasteiger partial charge in [0.15, 0.2) is 0 Å². The van der Waals surface area contributed by atoms with Gasteiger partial charge in [-0.05, 0) is 12.8 Å². The lowest BCUT2D eigenvalue weighted by Gasteiger charge is -2.19. The molecular formula is C11H22O4. The third kappa shape index (κ3) is 8.39. The second kappa shape index (κ2) is 8.68. The molecule has 2 N–H and O–H groups in total. The molecule has 90 valence electrons. The van der Waals surface area contributed by atoms with Crippen LogP contribution in [0.3, 0.4) is 0 Å². The average molecular weight is 218 g/mol. The molecule has 2 atom stereocenters. The maximum absolute atomic E-state index is 10.8. The molecule has 4 nitrogen and oxygen atoms in total. The van der Waals surface area contributed by atoms with E-state index in [0.29, 0.717) is 6.42 Å². The normalized spacial score (nSPS) is 14.7. The highest BCUT2D eigenvalue weighted by Crippen LogP contribution is 2.12. The van der Waals surface area contributed by atoms with E-state index in [1.54, 1.807) is 0 Å². The molecule has 0 heterocycles. The van der Waals surface area contributed by atoms with Crippen molar-refractivity contribution in [3.8, 4) is 0 Å². The van der Waals surface area contributed by atoms with Gasteiger partial charge in [-0.2, -0.15) is 0 Å². The van der Waals surface area contributed by atoms with Gasteiger partial charge in [0, 0.05) is 13.3 Å². The molecule has 0 aromatic carbocycles. The topological polar surface area (TPSA) is 66.8 Å². The van der Waals surface area contributed by atoms with Crippen LogP contribution in [-0.2, 0) is 9.53 Å². The zero-order chi connectivity index (χ0) is 11.7. The van der Waals surface area contributed by atoms with Crippen LogP contribution in [0, 0.1) is 0 Å². The number of esters is 1. The van der Waals surface area contributed by atoms with Crippen LogP contribution in [0.2, 0.25) is 0 Å². The lowest BCUT2D eigenvalue weighted by Crippen LogP contribution is -2.25. The van der Waals surface area contributed by atoms with Gasteiger partial charge < -0.3 is 14.9 Å². The van der Waals surface area contributed by atoms with Crippen molar-refractivity contribution in [1.82, 2.24) is 0 Å². The van der Waals surface area contributed by atoms with Gasteiger partial charge in [-0.25, -0.2) is 0 Å². The monoisotopic (exact) mass is 218 g/mol. The number of carbonyl (C=O) groups is 1. The molecule has 0 fully saturated rings. The number of unbranched alkanes of at least 4 members (excludes halogenated alkanes) is 2. The maximum atomic E-state index is 10.8. The average Bonchev–Trinajstić information content (AvgIpc) is 2.17. The molecule has 0 aliphatic heterocycles. The van der Waals surface area contributed by atoms with Crippen LogP contribution in [0.5, 0.6) is 0 Å². The highest BCUT2D eigenvalue weighted by molar-refractivity contribution is 5.66. The van der Waals surface area contributed by atoms with Crippen LogP contribution < -0.4 is 0 Å². The predicted molar refractivity (Wildman–Crippen MR) is 57.4 cm³/mol. The number of hydrogen-bond donors (Lipinski definition) is 2. The van der Waals surface area contributed by atoms with E-state index in [1.165, 1.54) is 6.92 Å². The third-order valence-corrected chi connectivity index (χ3v) is 2.21. The highest BCUT2D eigenvalue weighted by Gasteiger charge is 2.16. The first kappa shape index (κ1) is 14.4. The Hall–Kier alpha value is -0.610. The third-order valence-electron chi connectivity index (χ3n) is 2.21. The molecule has 0 unspecified atom stereocenters. The first-order chi connectivity index (χ1) is 7.10. The minimum atomic E-state index is -0.795. The van der Waals surface area contributed by atoms with E-state index in [0.717, 1.165) is 25.7 Å². The Morgan fingerprint density at radius 1 is 1.40 bits per heavy atom. The molecule has 0 amide bonds. The Labute approximate surface area is 91.3 Å². The number of carbonyl (C=O) groups excluding carboxylic acids is 1. The summed E-state index contributed by atoms with van der Waals surface area (Å²) >= 11 is 0. The van der Waals surface area contributed by atoms with Crippen molar-refractivity contribution in [1.29, 1.82) is 0 Å². The Kier molecular flexibility index (Phi) is 8.33. The Bertz CT molecular complexity index is 170. The molecule has 15 heavy (non-hydrogen) atoms. The summed E-state index contributed by atoms with van der Waals surface area (Å²) in [6, 6.07) is 0. The molecule has 0 aromatic rings. The standard InChI is InChI=1S/C11H22O4/c1-3-4-5-6-11(15-9(2)13)7-10(14)8-12/h10-12,14H,3-8H2,1-2H3/t10-,11-/m1/s1. The summed E-state index contributed by atoms with van der Waals surface area (Å²) in [5.41, 5.74) is 0. The summed E-state index contributed by atoms with van der Waals surface area (Å²) in [6.45, 7) is 3.17.